The van der Waals surface area contributed by atoms with Crippen LogP contribution in [0, 0.1) is 0 Å². The summed E-state index contributed by atoms with van der Waals surface area (Å²) >= 11 is 5.92. The lowest BCUT2D eigenvalue weighted by Gasteiger charge is -2.12. The highest BCUT2D eigenvalue weighted by Gasteiger charge is 2.14. The van der Waals surface area contributed by atoms with E-state index in [0.29, 0.717) is 23.6 Å². The van der Waals surface area contributed by atoms with E-state index in [9.17, 15) is 4.79 Å². The Balaban J connectivity index is 1.72. The Bertz CT molecular complexity index is 872. The normalized spacial score (nSPS) is 11.2. The topological polar surface area (TPSA) is 59.8 Å². The standard InChI is InChI=1S/C18H19ClN4O/c1-12(2)23-16(22-15-7-4-9-20-17(15)23)8-10-21-18(24)13-5-3-6-14(19)11-13/h3-7,9,11-12H,8,10H2,1-2H3,(H,21,24). The molecule has 1 amide bonds. The second-order valence-corrected chi connectivity index (χ2v) is 6.29. The van der Waals surface area contributed by atoms with Crippen molar-refractivity contribution in [2.45, 2.75) is 26.3 Å². The lowest BCUT2D eigenvalue weighted by Crippen LogP contribution is -2.26. The number of hydrogen-bond acceptors (Lipinski definition) is 3. The molecule has 0 radical (unpaired) electrons. The van der Waals surface area contributed by atoms with Crippen LogP contribution in [0.2, 0.25) is 5.02 Å². The Hall–Kier alpha value is -2.40. The summed E-state index contributed by atoms with van der Waals surface area (Å²) in [4.78, 5) is 21.2. The van der Waals surface area contributed by atoms with Crippen molar-refractivity contribution in [1.29, 1.82) is 0 Å². The molecule has 0 fully saturated rings. The molecule has 6 heteroatoms. The number of rotatable bonds is 5. The summed E-state index contributed by atoms with van der Waals surface area (Å²) < 4.78 is 2.11. The highest BCUT2D eigenvalue weighted by Crippen LogP contribution is 2.19. The van der Waals surface area contributed by atoms with E-state index >= 15 is 0 Å². The highest BCUT2D eigenvalue weighted by molar-refractivity contribution is 6.30. The van der Waals surface area contributed by atoms with Crippen molar-refractivity contribution in [2.75, 3.05) is 6.54 Å². The molecule has 0 bridgehead atoms. The average molecular weight is 343 g/mol. The summed E-state index contributed by atoms with van der Waals surface area (Å²) in [6, 6.07) is 11.0. The van der Waals surface area contributed by atoms with Gasteiger partial charge in [-0.3, -0.25) is 4.79 Å². The molecule has 0 aliphatic rings. The molecular weight excluding hydrogens is 324 g/mol. The lowest BCUT2D eigenvalue weighted by atomic mass is 10.2. The molecule has 24 heavy (non-hydrogen) atoms. The summed E-state index contributed by atoms with van der Waals surface area (Å²) in [6.45, 7) is 4.70. The van der Waals surface area contributed by atoms with Crippen molar-refractivity contribution in [3.8, 4) is 0 Å². The van der Waals surface area contributed by atoms with Crippen LogP contribution in [0.3, 0.4) is 0 Å². The van der Waals surface area contributed by atoms with E-state index in [0.717, 1.165) is 17.0 Å². The Labute approximate surface area is 145 Å². The fraction of sp³-hybridized carbons (Fsp3) is 0.278. The summed E-state index contributed by atoms with van der Waals surface area (Å²) in [5.74, 6) is 0.785. The number of hydrogen-bond donors (Lipinski definition) is 1. The minimum absolute atomic E-state index is 0.136. The van der Waals surface area contributed by atoms with Gasteiger partial charge in [0.25, 0.3) is 5.91 Å². The van der Waals surface area contributed by atoms with Crippen LogP contribution in [0.5, 0.6) is 0 Å². The number of fused-ring (bicyclic) bond motifs is 1. The first kappa shape index (κ1) is 16.5. The molecule has 0 saturated carbocycles. The molecule has 1 aromatic carbocycles. The number of pyridine rings is 1. The highest BCUT2D eigenvalue weighted by atomic mass is 35.5. The SMILES string of the molecule is CC(C)n1c(CCNC(=O)c2cccc(Cl)c2)nc2cccnc21. The van der Waals surface area contributed by atoms with Crippen LogP contribution in [-0.4, -0.2) is 27.0 Å². The van der Waals surface area contributed by atoms with Crippen LogP contribution in [0.1, 0.15) is 36.1 Å². The number of carbonyl (C=O) groups excluding carboxylic acids is 1. The van der Waals surface area contributed by atoms with Gasteiger partial charge in [0.1, 0.15) is 11.3 Å². The first-order valence-electron chi connectivity index (χ1n) is 7.92. The molecule has 1 N–H and O–H groups in total. The lowest BCUT2D eigenvalue weighted by molar-refractivity contribution is 0.0954. The molecule has 2 heterocycles. The number of nitrogens with zero attached hydrogens (tertiary/aromatic N) is 3. The Kier molecular flexibility index (Phi) is 4.81. The zero-order valence-corrected chi connectivity index (χ0v) is 14.4. The maximum atomic E-state index is 12.2. The minimum Gasteiger partial charge on any atom is -0.352 e. The van der Waals surface area contributed by atoms with Gasteiger partial charge in [0.05, 0.1) is 0 Å². The van der Waals surface area contributed by atoms with Gasteiger partial charge in [0.15, 0.2) is 5.65 Å². The van der Waals surface area contributed by atoms with E-state index < -0.39 is 0 Å². The zero-order chi connectivity index (χ0) is 17.1. The smallest absolute Gasteiger partial charge is 0.251 e. The van der Waals surface area contributed by atoms with Gasteiger partial charge in [-0.15, -0.1) is 0 Å². The summed E-state index contributed by atoms with van der Waals surface area (Å²) in [6.07, 6.45) is 2.41. The molecule has 0 spiro atoms. The quantitative estimate of drug-likeness (QED) is 0.770. The van der Waals surface area contributed by atoms with Gasteiger partial charge in [0.2, 0.25) is 0 Å². The van der Waals surface area contributed by atoms with Crippen molar-refractivity contribution in [3.05, 3.63) is 59.0 Å². The van der Waals surface area contributed by atoms with Crippen LogP contribution in [0.4, 0.5) is 0 Å². The van der Waals surface area contributed by atoms with Gasteiger partial charge in [0, 0.05) is 35.8 Å². The molecular formula is C18H19ClN4O. The number of carbonyl (C=O) groups is 1. The zero-order valence-electron chi connectivity index (χ0n) is 13.7. The average Bonchev–Trinajstić information content (AvgIpc) is 2.93. The maximum Gasteiger partial charge on any atom is 0.251 e. The van der Waals surface area contributed by atoms with Gasteiger partial charge in [-0.2, -0.15) is 0 Å². The van der Waals surface area contributed by atoms with Gasteiger partial charge >= 0.3 is 0 Å². The van der Waals surface area contributed by atoms with E-state index in [1.807, 2.05) is 12.1 Å². The third kappa shape index (κ3) is 3.41. The first-order chi connectivity index (χ1) is 11.6. The fourth-order valence-corrected chi connectivity index (χ4v) is 2.91. The number of benzene rings is 1. The maximum absolute atomic E-state index is 12.2. The molecule has 124 valence electrons. The van der Waals surface area contributed by atoms with Gasteiger partial charge in [-0.25, -0.2) is 9.97 Å². The summed E-state index contributed by atoms with van der Waals surface area (Å²) in [5, 5.41) is 3.47. The van der Waals surface area contributed by atoms with E-state index in [2.05, 4.69) is 33.7 Å². The van der Waals surface area contributed by atoms with Crippen molar-refractivity contribution in [1.82, 2.24) is 19.9 Å². The Morgan fingerprint density at radius 2 is 2.12 bits per heavy atom. The monoisotopic (exact) mass is 342 g/mol. The Morgan fingerprint density at radius 3 is 2.88 bits per heavy atom. The van der Waals surface area contributed by atoms with Crippen LogP contribution < -0.4 is 5.32 Å². The number of amides is 1. The van der Waals surface area contributed by atoms with Gasteiger partial charge in [-0.05, 0) is 44.2 Å². The number of nitrogens with one attached hydrogen (secondary N) is 1. The van der Waals surface area contributed by atoms with E-state index in [-0.39, 0.29) is 11.9 Å². The Morgan fingerprint density at radius 1 is 1.29 bits per heavy atom. The predicted octanol–water partition coefficient (Wildman–Crippen LogP) is 3.64. The summed E-state index contributed by atoms with van der Waals surface area (Å²) in [7, 11) is 0. The van der Waals surface area contributed by atoms with Gasteiger partial charge in [-0.1, -0.05) is 17.7 Å². The largest absolute Gasteiger partial charge is 0.352 e. The molecule has 0 aliphatic heterocycles. The van der Waals surface area contributed by atoms with Crippen molar-refractivity contribution in [2.24, 2.45) is 0 Å². The molecule has 0 unspecified atom stereocenters. The second-order valence-electron chi connectivity index (χ2n) is 5.85. The third-order valence-corrected chi connectivity index (χ3v) is 3.99. The molecule has 0 aliphatic carbocycles. The van der Waals surface area contributed by atoms with Crippen LogP contribution in [0.25, 0.3) is 11.2 Å². The first-order valence-corrected chi connectivity index (χ1v) is 8.29. The second kappa shape index (κ2) is 7.01. The van der Waals surface area contributed by atoms with E-state index in [1.54, 1.807) is 30.5 Å². The van der Waals surface area contributed by atoms with E-state index in [1.165, 1.54) is 0 Å². The molecule has 0 saturated heterocycles. The molecule has 2 aromatic heterocycles. The number of imidazole rings is 1. The van der Waals surface area contributed by atoms with Crippen molar-refractivity contribution < 1.29 is 4.79 Å². The van der Waals surface area contributed by atoms with Crippen molar-refractivity contribution >= 4 is 28.7 Å². The van der Waals surface area contributed by atoms with Crippen LogP contribution >= 0.6 is 11.6 Å². The number of halogens is 1. The fourth-order valence-electron chi connectivity index (χ4n) is 2.72. The summed E-state index contributed by atoms with van der Waals surface area (Å²) in [5.41, 5.74) is 2.31. The van der Waals surface area contributed by atoms with Crippen molar-refractivity contribution in [3.63, 3.8) is 0 Å². The van der Waals surface area contributed by atoms with Gasteiger partial charge < -0.3 is 9.88 Å². The van der Waals surface area contributed by atoms with Crippen LogP contribution in [0.15, 0.2) is 42.6 Å². The third-order valence-electron chi connectivity index (χ3n) is 3.76. The molecule has 3 aromatic rings. The van der Waals surface area contributed by atoms with Crippen LogP contribution in [-0.2, 0) is 6.42 Å². The number of aromatic nitrogens is 3. The van der Waals surface area contributed by atoms with E-state index in [4.69, 9.17) is 11.6 Å². The molecule has 3 rings (SSSR count). The molecule has 5 nitrogen and oxygen atoms in total. The predicted molar refractivity (Wildman–Crippen MR) is 95.4 cm³/mol. The molecule has 0 atom stereocenters. The minimum atomic E-state index is -0.136.